The van der Waals surface area contributed by atoms with Crippen LogP contribution in [0.5, 0.6) is 0 Å². The highest BCUT2D eigenvalue weighted by Crippen LogP contribution is 2.33. The number of rotatable bonds is 4. The zero-order valence-electron chi connectivity index (χ0n) is 11.6. The van der Waals surface area contributed by atoms with Crippen LogP contribution in [0.25, 0.3) is 0 Å². The first-order chi connectivity index (χ1) is 9.31. The van der Waals surface area contributed by atoms with Crippen LogP contribution in [0.2, 0.25) is 0 Å². The van der Waals surface area contributed by atoms with Crippen LogP contribution in [-0.2, 0) is 6.42 Å². The van der Waals surface area contributed by atoms with Gasteiger partial charge in [-0.05, 0) is 51.3 Å². The third-order valence-electron chi connectivity index (χ3n) is 4.92. The minimum Gasteiger partial charge on any atom is -0.396 e. The van der Waals surface area contributed by atoms with Crippen LogP contribution >= 0.6 is 0 Å². The summed E-state index contributed by atoms with van der Waals surface area (Å²) in [6.45, 7) is 2.32. The summed E-state index contributed by atoms with van der Waals surface area (Å²) in [5, 5.41) is 17.9. The maximum atomic E-state index is 9.76. The third-order valence-corrected chi connectivity index (χ3v) is 4.92. The van der Waals surface area contributed by atoms with E-state index in [1.165, 1.54) is 25.7 Å². The Morgan fingerprint density at radius 1 is 1.32 bits per heavy atom. The van der Waals surface area contributed by atoms with Gasteiger partial charge in [0.05, 0.1) is 11.7 Å². The standard InChI is InChI=1S/C15H25N3O/c19-12-15(6-8-16-9-7-15)11-13-5-10-18(17-13)14-3-1-2-4-14/h5,10,14,16,19H,1-4,6-9,11-12H2. The van der Waals surface area contributed by atoms with Gasteiger partial charge in [0.25, 0.3) is 0 Å². The fourth-order valence-corrected chi connectivity index (χ4v) is 3.58. The molecule has 4 nitrogen and oxygen atoms in total. The molecule has 19 heavy (non-hydrogen) atoms. The van der Waals surface area contributed by atoms with E-state index in [-0.39, 0.29) is 12.0 Å². The lowest BCUT2D eigenvalue weighted by Crippen LogP contribution is -2.40. The minimum atomic E-state index is 0.0557. The molecule has 0 amide bonds. The first kappa shape index (κ1) is 13.1. The third kappa shape index (κ3) is 2.84. The lowest BCUT2D eigenvalue weighted by atomic mass is 9.76. The van der Waals surface area contributed by atoms with E-state index in [1.54, 1.807) is 0 Å². The van der Waals surface area contributed by atoms with Gasteiger partial charge in [0, 0.05) is 18.2 Å². The molecule has 1 aromatic rings. The number of aliphatic hydroxyl groups excluding tert-OH is 1. The molecular formula is C15H25N3O. The van der Waals surface area contributed by atoms with E-state index in [4.69, 9.17) is 5.10 Å². The second kappa shape index (κ2) is 5.63. The number of hydrogen-bond acceptors (Lipinski definition) is 3. The fourth-order valence-electron chi connectivity index (χ4n) is 3.58. The molecule has 0 atom stereocenters. The molecule has 4 heteroatoms. The molecular weight excluding hydrogens is 238 g/mol. The van der Waals surface area contributed by atoms with E-state index < -0.39 is 0 Å². The molecule has 1 aliphatic heterocycles. The summed E-state index contributed by atoms with van der Waals surface area (Å²) in [5.41, 5.74) is 1.21. The van der Waals surface area contributed by atoms with Crippen LogP contribution in [0.1, 0.15) is 50.3 Å². The average Bonchev–Trinajstić information content (AvgIpc) is 3.10. The normalized spacial score (nSPS) is 23.8. The topological polar surface area (TPSA) is 50.1 Å². The molecule has 0 spiro atoms. The Kier molecular flexibility index (Phi) is 3.89. The van der Waals surface area contributed by atoms with Gasteiger partial charge in [-0.25, -0.2) is 0 Å². The van der Waals surface area contributed by atoms with Crippen LogP contribution in [0.4, 0.5) is 0 Å². The van der Waals surface area contributed by atoms with Crippen LogP contribution in [0.3, 0.4) is 0 Å². The van der Waals surface area contributed by atoms with Crippen LogP contribution in [0.15, 0.2) is 12.3 Å². The van der Waals surface area contributed by atoms with Crippen molar-refractivity contribution in [1.82, 2.24) is 15.1 Å². The van der Waals surface area contributed by atoms with Crippen molar-refractivity contribution in [3.8, 4) is 0 Å². The smallest absolute Gasteiger partial charge is 0.0631 e. The Bertz CT molecular complexity index is 403. The van der Waals surface area contributed by atoms with Gasteiger partial charge in [0.2, 0.25) is 0 Å². The number of nitrogens with one attached hydrogen (secondary N) is 1. The minimum absolute atomic E-state index is 0.0557. The molecule has 2 fully saturated rings. The molecule has 2 N–H and O–H groups in total. The van der Waals surface area contributed by atoms with Gasteiger partial charge in [0.15, 0.2) is 0 Å². The van der Waals surface area contributed by atoms with E-state index in [9.17, 15) is 5.11 Å². The number of nitrogens with zero attached hydrogens (tertiary/aromatic N) is 2. The quantitative estimate of drug-likeness (QED) is 0.872. The number of aromatic nitrogens is 2. The first-order valence-corrected chi connectivity index (χ1v) is 7.67. The average molecular weight is 263 g/mol. The maximum Gasteiger partial charge on any atom is 0.0631 e. The summed E-state index contributed by atoms with van der Waals surface area (Å²) < 4.78 is 2.16. The highest BCUT2D eigenvalue weighted by Gasteiger charge is 2.32. The van der Waals surface area contributed by atoms with Crippen LogP contribution < -0.4 is 5.32 Å². The molecule has 0 bridgehead atoms. The summed E-state index contributed by atoms with van der Waals surface area (Å²) in [6.07, 6.45) is 10.4. The van der Waals surface area contributed by atoms with Crippen molar-refractivity contribution in [2.24, 2.45) is 5.41 Å². The van der Waals surface area contributed by atoms with Gasteiger partial charge in [-0.15, -0.1) is 0 Å². The summed E-state index contributed by atoms with van der Waals surface area (Å²) in [4.78, 5) is 0. The van der Waals surface area contributed by atoms with Gasteiger partial charge in [-0.2, -0.15) is 5.10 Å². The van der Waals surface area contributed by atoms with Crippen molar-refractivity contribution in [3.05, 3.63) is 18.0 Å². The van der Waals surface area contributed by atoms with Gasteiger partial charge in [0.1, 0.15) is 0 Å². The predicted octanol–water partition coefficient (Wildman–Crippen LogP) is 1.90. The van der Waals surface area contributed by atoms with Gasteiger partial charge < -0.3 is 10.4 Å². The molecule has 1 aliphatic carbocycles. The highest BCUT2D eigenvalue weighted by atomic mass is 16.3. The Morgan fingerprint density at radius 2 is 2.05 bits per heavy atom. The van der Waals surface area contributed by atoms with Crippen LogP contribution in [-0.4, -0.2) is 34.6 Å². The largest absolute Gasteiger partial charge is 0.396 e. The van der Waals surface area contributed by atoms with E-state index in [0.29, 0.717) is 6.04 Å². The molecule has 2 aliphatic rings. The Morgan fingerprint density at radius 3 is 2.74 bits per heavy atom. The molecule has 1 aromatic heterocycles. The number of piperidine rings is 1. The van der Waals surface area contributed by atoms with E-state index in [0.717, 1.165) is 38.0 Å². The SMILES string of the molecule is OCC1(Cc2ccn(C3CCCC3)n2)CCNCC1. The number of aliphatic hydroxyl groups is 1. The lowest BCUT2D eigenvalue weighted by Gasteiger charge is -2.35. The van der Waals surface area contributed by atoms with E-state index in [1.807, 2.05) is 0 Å². The Hall–Kier alpha value is -0.870. The molecule has 0 aromatic carbocycles. The van der Waals surface area contributed by atoms with Crippen molar-refractivity contribution in [2.45, 2.75) is 51.0 Å². The van der Waals surface area contributed by atoms with Gasteiger partial charge in [-0.3, -0.25) is 4.68 Å². The molecule has 3 rings (SSSR count). The van der Waals surface area contributed by atoms with Crippen molar-refractivity contribution in [1.29, 1.82) is 0 Å². The summed E-state index contributed by atoms with van der Waals surface area (Å²) in [6, 6.07) is 2.77. The summed E-state index contributed by atoms with van der Waals surface area (Å²) in [5.74, 6) is 0. The van der Waals surface area contributed by atoms with E-state index in [2.05, 4.69) is 22.3 Å². The highest BCUT2D eigenvalue weighted by molar-refractivity contribution is 5.05. The molecule has 1 saturated carbocycles. The maximum absolute atomic E-state index is 9.76. The zero-order valence-corrected chi connectivity index (χ0v) is 11.6. The summed E-state index contributed by atoms with van der Waals surface area (Å²) in [7, 11) is 0. The lowest BCUT2D eigenvalue weighted by molar-refractivity contribution is 0.0881. The predicted molar refractivity (Wildman–Crippen MR) is 75.1 cm³/mol. The molecule has 106 valence electrons. The Labute approximate surface area is 115 Å². The summed E-state index contributed by atoms with van der Waals surface area (Å²) >= 11 is 0. The first-order valence-electron chi connectivity index (χ1n) is 7.67. The van der Waals surface area contributed by atoms with Crippen molar-refractivity contribution in [2.75, 3.05) is 19.7 Å². The molecule has 2 heterocycles. The van der Waals surface area contributed by atoms with E-state index >= 15 is 0 Å². The second-order valence-corrected chi connectivity index (χ2v) is 6.31. The second-order valence-electron chi connectivity index (χ2n) is 6.31. The van der Waals surface area contributed by atoms with Crippen molar-refractivity contribution >= 4 is 0 Å². The monoisotopic (exact) mass is 263 g/mol. The van der Waals surface area contributed by atoms with Crippen molar-refractivity contribution < 1.29 is 5.11 Å². The van der Waals surface area contributed by atoms with Crippen LogP contribution in [0, 0.1) is 5.41 Å². The Balaban J connectivity index is 1.68. The molecule has 0 unspecified atom stereocenters. The zero-order chi connectivity index (χ0) is 13.1. The van der Waals surface area contributed by atoms with Gasteiger partial charge >= 0.3 is 0 Å². The molecule has 0 radical (unpaired) electrons. The number of hydrogen-bond donors (Lipinski definition) is 2. The van der Waals surface area contributed by atoms with Crippen molar-refractivity contribution in [3.63, 3.8) is 0 Å². The fraction of sp³-hybridized carbons (Fsp3) is 0.800. The molecule has 1 saturated heterocycles. The van der Waals surface area contributed by atoms with Gasteiger partial charge in [-0.1, -0.05) is 12.8 Å².